The summed E-state index contributed by atoms with van der Waals surface area (Å²) in [6.07, 6.45) is 13.3. The van der Waals surface area contributed by atoms with Crippen LogP contribution in [0.25, 0.3) is 11.1 Å². The maximum atomic E-state index is 2.55. The summed E-state index contributed by atoms with van der Waals surface area (Å²) < 4.78 is 0. The number of hydrogen-bond donors (Lipinski definition) is 0. The molecule has 0 radical (unpaired) electrons. The Morgan fingerprint density at radius 1 is 0.742 bits per heavy atom. The van der Waals surface area contributed by atoms with E-state index in [2.05, 4.69) is 78.9 Å². The van der Waals surface area contributed by atoms with Crippen molar-refractivity contribution in [2.24, 2.45) is 11.8 Å². The first-order chi connectivity index (χ1) is 15.0. The number of benzene rings is 2. The molecule has 0 heterocycles. The molecular formula is C30H45B. The Kier molecular flexibility index (Phi) is 8.48. The molecule has 3 rings (SSSR count). The molecule has 31 heavy (non-hydrogen) atoms. The van der Waals surface area contributed by atoms with Crippen molar-refractivity contribution >= 4 is 13.3 Å². The average molecular weight is 417 g/mol. The van der Waals surface area contributed by atoms with Gasteiger partial charge in [0.15, 0.2) is 0 Å². The Hall–Kier alpha value is -1.50. The van der Waals surface area contributed by atoms with Crippen LogP contribution in [0.15, 0.2) is 36.4 Å². The maximum Gasteiger partial charge on any atom is 0.139 e. The topological polar surface area (TPSA) is 0 Å². The molecule has 0 aromatic heterocycles. The van der Waals surface area contributed by atoms with E-state index in [0.29, 0.717) is 0 Å². The molecular weight excluding hydrogens is 371 g/mol. The summed E-state index contributed by atoms with van der Waals surface area (Å²) in [5, 5.41) is 0. The lowest BCUT2D eigenvalue weighted by Crippen LogP contribution is -2.32. The van der Waals surface area contributed by atoms with Crippen molar-refractivity contribution in [3.8, 4) is 11.1 Å². The van der Waals surface area contributed by atoms with Crippen LogP contribution in [0.3, 0.4) is 0 Å². The molecule has 0 aliphatic heterocycles. The van der Waals surface area contributed by atoms with Gasteiger partial charge in [0.1, 0.15) is 7.85 Å². The lowest BCUT2D eigenvalue weighted by molar-refractivity contribution is 0.266. The Balaban J connectivity index is 2.16. The Morgan fingerprint density at radius 2 is 1.26 bits per heavy atom. The standard InChI is InChI=1S/C30H45B/c1-6-10-12-23(8-3)20-30(21-24(9-4)13-11-7-2)28-18-22(5)14-16-26(28)27-17-15-25(31)19-29(27)30/h14-19,23-24H,6-13,20-21,31H2,1-5H3. The molecule has 2 atom stereocenters. The predicted octanol–water partition coefficient (Wildman–Crippen LogP) is 7.73. The van der Waals surface area contributed by atoms with Gasteiger partial charge in [-0.15, -0.1) is 0 Å². The van der Waals surface area contributed by atoms with Gasteiger partial charge in [0.05, 0.1) is 0 Å². The average Bonchev–Trinajstić information content (AvgIpc) is 3.02. The number of unbranched alkanes of at least 4 members (excludes halogenated alkanes) is 2. The third kappa shape index (κ3) is 5.13. The fourth-order valence-electron chi connectivity index (χ4n) is 6.12. The van der Waals surface area contributed by atoms with Gasteiger partial charge in [0.25, 0.3) is 0 Å². The van der Waals surface area contributed by atoms with Crippen molar-refractivity contribution in [3.05, 3.63) is 53.1 Å². The molecule has 0 fully saturated rings. The van der Waals surface area contributed by atoms with E-state index in [1.54, 1.807) is 11.1 Å². The van der Waals surface area contributed by atoms with Gasteiger partial charge in [-0.1, -0.05) is 126 Å². The van der Waals surface area contributed by atoms with E-state index in [9.17, 15) is 0 Å². The van der Waals surface area contributed by atoms with Gasteiger partial charge in [-0.3, -0.25) is 0 Å². The highest BCUT2D eigenvalue weighted by Gasteiger charge is 2.45. The second-order valence-corrected chi connectivity index (χ2v) is 10.4. The second-order valence-electron chi connectivity index (χ2n) is 10.4. The summed E-state index contributed by atoms with van der Waals surface area (Å²) in [6, 6.07) is 14.6. The second kappa shape index (κ2) is 10.9. The van der Waals surface area contributed by atoms with Crippen molar-refractivity contribution in [2.45, 2.75) is 104 Å². The van der Waals surface area contributed by atoms with Gasteiger partial charge in [-0.05, 0) is 53.9 Å². The molecule has 0 saturated carbocycles. The van der Waals surface area contributed by atoms with Crippen LogP contribution in [0.5, 0.6) is 0 Å². The van der Waals surface area contributed by atoms with Crippen molar-refractivity contribution in [3.63, 3.8) is 0 Å². The molecule has 0 spiro atoms. The van der Waals surface area contributed by atoms with E-state index in [-0.39, 0.29) is 5.41 Å². The normalized spacial score (nSPS) is 19.1. The molecule has 0 N–H and O–H groups in total. The first-order valence-corrected chi connectivity index (χ1v) is 13.2. The van der Waals surface area contributed by atoms with Crippen LogP contribution in [0.2, 0.25) is 0 Å². The smallest absolute Gasteiger partial charge is 0.0886 e. The van der Waals surface area contributed by atoms with Crippen LogP contribution in [0.4, 0.5) is 0 Å². The highest BCUT2D eigenvalue weighted by molar-refractivity contribution is 6.32. The van der Waals surface area contributed by atoms with Gasteiger partial charge < -0.3 is 0 Å². The zero-order chi connectivity index (χ0) is 22.4. The fourth-order valence-corrected chi connectivity index (χ4v) is 6.12. The van der Waals surface area contributed by atoms with E-state index in [1.807, 2.05) is 0 Å². The predicted molar refractivity (Wildman–Crippen MR) is 141 cm³/mol. The van der Waals surface area contributed by atoms with Crippen LogP contribution in [-0.2, 0) is 5.41 Å². The SMILES string of the molecule is Bc1ccc2c(c1)C(CC(CC)CCCC)(CC(CC)CCCC)c1cc(C)ccc1-2. The minimum atomic E-state index is 0.186. The molecule has 0 nitrogen and oxygen atoms in total. The zero-order valence-electron chi connectivity index (χ0n) is 21.2. The molecule has 1 heteroatoms. The lowest BCUT2D eigenvalue weighted by atomic mass is 9.64. The van der Waals surface area contributed by atoms with Crippen molar-refractivity contribution in [1.82, 2.24) is 0 Å². The van der Waals surface area contributed by atoms with Crippen LogP contribution < -0.4 is 5.46 Å². The van der Waals surface area contributed by atoms with Gasteiger partial charge in [-0.2, -0.15) is 0 Å². The molecule has 2 aromatic rings. The fraction of sp³-hybridized carbons (Fsp3) is 0.600. The summed E-state index contributed by atoms with van der Waals surface area (Å²) in [6.45, 7) is 11.8. The van der Waals surface area contributed by atoms with Gasteiger partial charge in [0.2, 0.25) is 0 Å². The van der Waals surface area contributed by atoms with Crippen LogP contribution in [0, 0.1) is 18.8 Å². The molecule has 0 amide bonds. The van der Waals surface area contributed by atoms with E-state index in [4.69, 9.17) is 0 Å². The Morgan fingerprint density at radius 3 is 1.77 bits per heavy atom. The third-order valence-electron chi connectivity index (χ3n) is 8.03. The summed E-state index contributed by atoms with van der Waals surface area (Å²) in [5.74, 6) is 1.62. The van der Waals surface area contributed by atoms with E-state index in [1.165, 1.54) is 86.4 Å². The summed E-state index contributed by atoms with van der Waals surface area (Å²) >= 11 is 0. The molecule has 0 bridgehead atoms. The molecule has 1 aliphatic rings. The Bertz CT molecular complexity index is 778. The maximum absolute atomic E-state index is 2.55. The summed E-state index contributed by atoms with van der Waals surface area (Å²) in [5.41, 5.74) is 9.31. The minimum Gasteiger partial charge on any atom is -0.0886 e. The van der Waals surface area contributed by atoms with E-state index >= 15 is 0 Å². The van der Waals surface area contributed by atoms with Gasteiger partial charge in [0, 0.05) is 5.41 Å². The largest absolute Gasteiger partial charge is 0.139 e. The summed E-state index contributed by atoms with van der Waals surface area (Å²) in [7, 11) is 2.28. The number of aryl methyl sites for hydroxylation is 1. The summed E-state index contributed by atoms with van der Waals surface area (Å²) in [4.78, 5) is 0. The molecule has 1 aliphatic carbocycles. The monoisotopic (exact) mass is 416 g/mol. The van der Waals surface area contributed by atoms with E-state index < -0.39 is 0 Å². The molecule has 2 aromatic carbocycles. The van der Waals surface area contributed by atoms with Crippen molar-refractivity contribution in [1.29, 1.82) is 0 Å². The Labute approximate surface area is 193 Å². The van der Waals surface area contributed by atoms with Gasteiger partial charge in [-0.25, -0.2) is 0 Å². The number of fused-ring (bicyclic) bond motifs is 3. The van der Waals surface area contributed by atoms with Crippen LogP contribution in [0.1, 0.15) is 109 Å². The molecule has 168 valence electrons. The van der Waals surface area contributed by atoms with Gasteiger partial charge >= 0.3 is 0 Å². The van der Waals surface area contributed by atoms with Crippen molar-refractivity contribution in [2.75, 3.05) is 0 Å². The van der Waals surface area contributed by atoms with Crippen LogP contribution >= 0.6 is 0 Å². The van der Waals surface area contributed by atoms with Crippen LogP contribution in [-0.4, -0.2) is 7.85 Å². The highest BCUT2D eigenvalue weighted by Crippen LogP contribution is 2.56. The highest BCUT2D eigenvalue weighted by atomic mass is 14.5. The molecule has 2 unspecified atom stereocenters. The molecule has 0 saturated heterocycles. The minimum absolute atomic E-state index is 0.186. The third-order valence-corrected chi connectivity index (χ3v) is 8.03. The lowest BCUT2D eigenvalue weighted by Gasteiger charge is -2.39. The van der Waals surface area contributed by atoms with Crippen molar-refractivity contribution < 1.29 is 0 Å². The number of hydrogen-bond acceptors (Lipinski definition) is 0. The first kappa shape index (κ1) is 24.2. The zero-order valence-corrected chi connectivity index (χ0v) is 21.2. The first-order valence-electron chi connectivity index (χ1n) is 13.2. The quantitative estimate of drug-likeness (QED) is 0.311. The van der Waals surface area contributed by atoms with E-state index in [0.717, 1.165) is 11.8 Å². The number of rotatable bonds is 12.